The molecule has 0 radical (unpaired) electrons. The van der Waals surface area contributed by atoms with Crippen LogP contribution in [0.5, 0.6) is 0 Å². The van der Waals surface area contributed by atoms with Crippen molar-refractivity contribution in [2.75, 3.05) is 26.7 Å². The molecule has 1 saturated heterocycles. The van der Waals surface area contributed by atoms with Crippen LogP contribution >= 0.6 is 27.3 Å². The van der Waals surface area contributed by atoms with Gasteiger partial charge in [-0.25, -0.2) is 4.79 Å². The number of thiophene rings is 1. The smallest absolute Gasteiger partial charge is 0.320 e. The molecule has 1 aromatic rings. The monoisotopic (exact) mass is 331 g/mol. The van der Waals surface area contributed by atoms with Crippen molar-refractivity contribution in [2.45, 2.75) is 13.0 Å². The lowest BCUT2D eigenvalue weighted by atomic mass is 10.1. The zero-order valence-corrected chi connectivity index (χ0v) is 13.0. The maximum absolute atomic E-state index is 12.2. The van der Waals surface area contributed by atoms with Crippen LogP contribution in [0.2, 0.25) is 0 Å². The zero-order chi connectivity index (χ0) is 13.3. The normalized spacial score (nSPS) is 21.8. The van der Waals surface area contributed by atoms with E-state index in [1.54, 1.807) is 11.3 Å². The summed E-state index contributed by atoms with van der Waals surface area (Å²) in [5.41, 5.74) is 5.62. The lowest BCUT2D eigenvalue weighted by Gasteiger charge is -2.19. The lowest BCUT2D eigenvalue weighted by molar-refractivity contribution is 0.191. The van der Waals surface area contributed by atoms with Crippen LogP contribution in [0.15, 0.2) is 15.9 Å². The van der Waals surface area contributed by atoms with E-state index in [0.717, 1.165) is 16.9 Å². The molecule has 0 aromatic carbocycles. The minimum absolute atomic E-state index is 0.102. The fourth-order valence-electron chi connectivity index (χ4n) is 2.16. The Morgan fingerprint density at radius 1 is 1.61 bits per heavy atom. The second kappa shape index (κ2) is 5.59. The van der Waals surface area contributed by atoms with Gasteiger partial charge in [-0.3, -0.25) is 0 Å². The van der Waals surface area contributed by atoms with Crippen molar-refractivity contribution in [3.05, 3.63) is 20.8 Å². The van der Waals surface area contributed by atoms with Crippen molar-refractivity contribution in [3.8, 4) is 0 Å². The molecule has 2 atom stereocenters. The average molecular weight is 332 g/mol. The number of nitrogens with zero attached hydrogens (tertiary/aromatic N) is 2. The van der Waals surface area contributed by atoms with Crippen LogP contribution in [0.1, 0.15) is 17.8 Å². The first-order valence-electron chi connectivity index (χ1n) is 6.00. The van der Waals surface area contributed by atoms with Gasteiger partial charge >= 0.3 is 6.03 Å². The minimum atomic E-state index is 0.102. The molecule has 2 amide bonds. The van der Waals surface area contributed by atoms with Crippen LogP contribution < -0.4 is 5.73 Å². The second-order valence-electron chi connectivity index (χ2n) is 4.80. The third-order valence-corrected chi connectivity index (χ3v) is 5.01. The molecule has 0 aliphatic carbocycles. The first-order valence-corrected chi connectivity index (χ1v) is 7.61. The van der Waals surface area contributed by atoms with Crippen LogP contribution in [0, 0.1) is 5.92 Å². The highest BCUT2D eigenvalue weighted by atomic mass is 79.9. The first kappa shape index (κ1) is 13.8. The molecule has 2 heterocycles. The van der Waals surface area contributed by atoms with Crippen molar-refractivity contribution in [3.63, 3.8) is 0 Å². The van der Waals surface area contributed by atoms with E-state index in [9.17, 15) is 4.79 Å². The topological polar surface area (TPSA) is 49.6 Å². The number of likely N-dealkylation sites (N-methyl/N-ethyl adjacent to an activating group) is 1. The number of urea groups is 1. The van der Waals surface area contributed by atoms with Crippen LogP contribution in [-0.2, 0) is 0 Å². The van der Waals surface area contributed by atoms with Gasteiger partial charge in [-0.05, 0) is 40.5 Å². The van der Waals surface area contributed by atoms with E-state index in [1.165, 1.54) is 4.88 Å². The van der Waals surface area contributed by atoms with Gasteiger partial charge in [0, 0.05) is 25.0 Å². The van der Waals surface area contributed by atoms with Gasteiger partial charge in [0.2, 0.25) is 0 Å². The van der Waals surface area contributed by atoms with Crippen molar-refractivity contribution in [1.82, 2.24) is 9.80 Å². The summed E-state index contributed by atoms with van der Waals surface area (Å²) in [4.78, 5) is 17.1. The zero-order valence-electron chi connectivity index (χ0n) is 10.6. The molecule has 0 spiro atoms. The molecular weight excluding hydrogens is 314 g/mol. The van der Waals surface area contributed by atoms with E-state index in [1.807, 2.05) is 22.9 Å². The van der Waals surface area contributed by atoms with Crippen LogP contribution in [-0.4, -0.2) is 42.5 Å². The number of amides is 2. The van der Waals surface area contributed by atoms with Crippen LogP contribution in [0.4, 0.5) is 4.79 Å². The highest BCUT2D eigenvalue weighted by molar-refractivity contribution is 9.11. The Labute approximate surface area is 120 Å². The molecule has 0 saturated carbocycles. The summed E-state index contributed by atoms with van der Waals surface area (Å²) < 4.78 is 1.10. The molecule has 4 nitrogen and oxygen atoms in total. The van der Waals surface area contributed by atoms with E-state index in [4.69, 9.17) is 5.73 Å². The summed E-state index contributed by atoms with van der Waals surface area (Å²) in [6, 6.07) is 4.38. The molecule has 6 heteroatoms. The summed E-state index contributed by atoms with van der Waals surface area (Å²) in [7, 11) is 1.87. The Balaban J connectivity index is 2.09. The van der Waals surface area contributed by atoms with Crippen molar-refractivity contribution in [2.24, 2.45) is 11.7 Å². The molecule has 2 rings (SSSR count). The Kier molecular flexibility index (Phi) is 4.29. The first-order chi connectivity index (χ1) is 8.52. The minimum Gasteiger partial charge on any atom is -0.330 e. The Morgan fingerprint density at radius 3 is 2.89 bits per heavy atom. The van der Waals surface area contributed by atoms with Gasteiger partial charge < -0.3 is 15.5 Å². The summed E-state index contributed by atoms with van der Waals surface area (Å²) in [5, 5.41) is 0. The molecular formula is C12H18BrN3OS. The van der Waals surface area contributed by atoms with Gasteiger partial charge in [0.25, 0.3) is 0 Å². The van der Waals surface area contributed by atoms with Crippen LogP contribution in [0.25, 0.3) is 0 Å². The third kappa shape index (κ3) is 2.70. The summed E-state index contributed by atoms with van der Waals surface area (Å²) >= 11 is 5.15. The Hall–Kier alpha value is -0.590. The second-order valence-corrected chi connectivity index (χ2v) is 7.29. The molecule has 1 fully saturated rings. The fraction of sp³-hybridized carbons (Fsp3) is 0.583. The van der Waals surface area contributed by atoms with Gasteiger partial charge in [0.1, 0.15) is 0 Å². The fourth-order valence-corrected chi connectivity index (χ4v) is 3.72. The van der Waals surface area contributed by atoms with Gasteiger partial charge in [0.15, 0.2) is 0 Å². The van der Waals surface area contributed by atoms with Crippen molar-refractivity contribution >= 4 is 33.3 Å². The molecule has 1 aromatic heterocycles. The van der Waals surface area contributed by atoms with E-state index >= 15 is 0 Å². The summed E-state index contributed by atoms with van der Waals surface area (Å²) in [6.45, 7) is 4.18. The number of halogens is 1. The van der Waals surface area contributed by atoms with E-state index in [-0.39, 0.29) is 12.1 Å². The van der Waals surface area contributed by atoms with E-state index < -0.39 is 0 Å². The predicted octanol–water partition coefficient (Wildman–Crippen LogP) is 2.51. The van der Waals surface area contributed by atoms with Crippen LogP contribution in [0.3, 0.4) is 0 Å². The number of carbonyl (C=O) groups excluding carboxylic acids is 1. The Morgan fingerprint density at radius 2 is 2.33 bits per heavy atom. The molecule has 18 heavy (non-hydrogen) atoms. The van der Waals surface area contributed by atoms with Gasteiger partial charge in [-0.1, -0.05) is 6.92 Å². The largest absolute Gasteiger partial charge is 0.330 e. The summed E-state index contributed by atoms with van der Waals surface area (Å²) in [6.07, 6.45) is 0. The predicted molar refractivity (Wildman–Crippen MR) is 77.7 cm³/mol. The number of hydrogen-bond acceptors (Lipinski definition) is 3. The molecule has 2 N–H and O–H groups in total. The van der Waals surface area contributed by atoms with Crippen molar-refractivity contribution in [1.29, 1.82) is 0 Å². The van der Waals surface area contributed by atoms with E-state index in [0.29, 0.717) is 12.5 Å². The number of rotatable bonds is 4. The van der Waals surface area contributed by atoms with Crippen molar-refractivity contribution < 1.29 is 4.79 Å². The third-order valence-electron chi connectivity index (χ3n) is 3.29. The lowest BCUT2D eigenvalue weighted by Crippen LogP contribution is -2.34. The maximum atomic E-state index is 12.2. The number of carbonyl (C=O) groups is 1. The quantitative estimate of drug-likeness (QED) is 0.921. The highest BCUT2D eigenvalue weighted by Gasteiger charge is 2.36. The molecule has 0 bridgehead atoms. The van der Waals surface area contributed by atoms with Gasteiger partial charge in [-0.15, -0.1) is 11.3 Å². The molecule has 1 aliphatic rings. The molecule has 2 unspecified atom stereocenters. The maximum Gasteiger partial charge on any atom is 0.320 e. The molecule has 100 valence electrons. The average Bonchev–Trinajstić information content (AvgIpc) is 2.88. The highest BCUT2D eigenvalue weighted by Crippen LogP contribution is 2.34. The number of nitrogens with two attached hydrogens (primary N) is 1. The summed E-state index contributed by atoms with van der Waals surface area (Å²) in [5.74, 6) is 0.344. The SMILES string of the molecule is CC(CN)CN1CC(c2ccc(Br)s2)N(C)C1=O. The van der Waals surface area contributed by atoms with Gasteiger partial charge in [0.05, 0.1) is 9.83 Å². The van der Waals surface area contributed by atoms with Gasteiger partial charge in [-0.2, -0.15) is 0 Å². The standard InChI is InChI=1S/C12H18BrN3OS/c1-8(5-14)6-16-7-9(15(2)12(16)17)10-3-4-11(13)18-10/h3-4,8-9H,5-7,14H2,1-2H3. The Bertz CT molecular complexity index is 437. The van der Waals surface area contributed by atoms with E-state index in [2.05, 4.69) is 28.9 Å². The molecule has 1 aliphatic heterocycles. The number of hydrogen-bond donors (Lipinski definition) is 1.